The molecule has 0 saturated carbocycles. The van der Waals surface area contributed by atoms with Crippen LogP contribution in [-0.2, 0) is 9.59 Å². The summed E-state index contributed by atoms with van der Waals surface area (Å²) in [5, 5.41) is 3.84. The number of para-hydroxylation sites is 1. The number of nitrogens with one attached hydrogen (secondary N) is 1. The fourth-order valence-corrected chi connectivity index (χ4v) is 5.00. The average Bonchev–Trinajstić information content (AvgIpc) is 3.12. The van der Waals surface area contributed by atoms with Crippen LogP contribution in [0.1, 0.15) is 11.1 Å². The lowest BCUT2D eigenvalue weighted by molar-refractivity contribution is -0.120. The summed E-state index contributed by atoms with van der Waals surface area (Å²) in [7, 11) is 0. The number of anilines is 2. The fourth-order valence-electron chi connectivity index (χ4n) is 3.95. The lowest BCUT2D eigenvalue weighted by Gasteiger charge is -2.16. The molecule has 0 radical (unpaired) electrons. The molecule has 0 aromatic heterocycles. The van der Waals surface area contributed by atoms with Crippen LogP contribution in [0.3, 0.4) is 0 Å². The highest BCUT2D eigenvalue weighted by molar-refractivity contribution is 8.04. The maximum absolute atomic E-state index is 13.6. The van der Waals surface area contributed by atoms with Gasteiger partial charge in [-0.2, -0.15) is 0 Å². The van der Waals surface area contributed by atoms with E-state index in [0.717, 1.165) is 21.7 Å². The van der Waals surface area contributed by atoms with Crippen LogP contribution in [-0.4, -0.2) is 11.8 Å². The van der Waals surface area contributed by atoms with Crippen molar-refractivity contribution in [2.75, 3.05) is 10.2 Å². The summed E-state index contributed by atoms with van der Waals surface area (Å²) in [5.41, 5.74) is 3.55. The first-order chi connectivity index (χ1) is 17.9. The van der Waals surface area contributed by atoms with Crippen LogP contribution >= 0.6 is 23.4 Å². The highest BCUT2D eigenvalue weighted by atomic mass is 35.5. The molecule has 0 unspecified atom stereocenters. The zero-order chi connectivity index (χ0) is 25.9. The molecule has 4 aromatic carbocycles. The van der Waals surface area contributed by atoms with E-state index in [1.54, 1.807) is 36.4 Å². The van der Waals surface area contributed by atoms with Crippen molar-refractivity contribution >= 4 is 46.6 Å². The third-order valence-electron chi connectivity index (χ3n) is 5.79. The van der Waals surface area contributed by atoms with Gasteiger partial charge >= 0.3 is 0 Å². The molecule has 1 N–H and O–H groups in total. The minimum Gasteiger partial charge on any atom is -0.457 e. The predicted octanol–water partition coefficient (Wildman–Crippen LogP) is 7.74. The van der Waals surface area contributed by atoms with Crippen LogP contribution in [0.4, 0.5) is 11.4 Å². The Hall–Kier alpha value is -4.00. The van der Waals surface area contributed by atoms with Crippen LogP contribution < -0.4 is 15.0 Å². The van der Waals surface area contributed by atoms with Gasteiger partial charge in [0.25, 0.3) is 11.8 Å². The first-order valence-corrected chi connectivity index (χ1v) is 12.8. The van der Waals surface area contributed by atoms with Gasteiger partial charge in [-0.05, 0) is 86.1 Å². The molecule has 37 heavy (non-hydrogen) atoms. The number of hydrogen-bond acceptors (Lipinski definition) is 5. The van der Waals surface area contributed by atoms with Crippen molar-refractivity contribution in [2.45, 2.75) is 18.7 Å². The number of amides is 2. The third-order valence-corrected chi connectivity index (χ3v) is 7.13. The lowest BCUT2D eigenvalue weighted by Crippen LogP contribution is -2.32. The van der Waals surface area contributed by atoms with Gasteiger partial charge < -0.3 is 10.1 Å². The number of carbonyl (C=O) groups is 2. The highest BCUT2D eigenvalue weighted by Crippen LogP contribution is 2.39. The fraction of sp³-hybridized carbons (Fsp3) is 0.0667. The van der Waals surface area contributed by atoms with Crippen LogP contribution in [0.15, 0.2) is 113 Å². The van der Waals surface area contributed by atoms with E-state index in [1.807, 2.05) is 74.5 Å². The molecule has 0 aliphatic carbocycles. The zero-order valence-corrected chi connectivity index (χ0v) is 21.8. The topological polar surface area (TPSA) is 58.6 Å². The monoisotopic (exact) mass is 526 g/mol. The highest BCUT2D eigenvalue weighted by Gasteiger charge is 2.40. The van der Waals surface area contributed by atoms with E-state index < -0.39 is 11.8 Å². The first-order valence-electron chi connectivity index (χ1n) is 11.6. The van der Waals surface area contributed by atoms with Crippen LogP contribution in [0.2, 0.25) is 5.02 Å². The van der Waals surface area contributed by atoms with Gasteiger partial charge in [-0.3, -0.25) is 9.59 Å². The molecule has 1 aliphatic rings. The Labute approximate surface area is 224 Å². The van der Waals surface area contributed by atoms with Crippen LogP contribution in [0.5, 0.6) is 11.5 Å². The molecule has 5 rings (SSSR count). The Morgan fingerprint density at radius 2 is 1.46 bits per heavy atom. The number of benzene rings is 4. The minimum atomic E-state index is -0.418. The number of nitrogens with zero attached hydrogens (tertiary/aromatic N) is 1. The molecule has 0 fully saturated rings. The maximum atomic E-state index is 13.6. The van der Waals surface area contributed by atoms with Gasteiger partial charge in [-0.25, -0.2) is 4.90 Å². The van der Waals surface area contributed by atoms with E-state index >= 15 is 0 Å². The van der Waals surface area contributed by atoms with Crippen LogP contribution in [0, 0.1) is 13.8 Å². The Morgan fingerprint density at radius 3 is 2.14 bits per heavy atom. The molecule has 0 saturated heterocycles. The van der Waals surface area contributed by atoms with E-state index in [1.165, 1.54) is 16.7 Å². The second-order valence-electron chi connectivity index (χ2n) is 8.56. The van der Waals surface area contributed by atoms with E-state index in [0.29, 0.717) is 27.1 Å². The molecule has 5 nitrogen and oxygen atoms in total. The van der Waals surface area contributed by atoms with Gasteiger partial charge in [-0.1, -0.05) is 59.3 Å². The summed E-state index contributed by atoms with van der Waals surface area (Å²) < 4.78 is 5.86. The standard InChI is InChI=1S/C30H23ClN2O3S/c1-19-8-17-26(20(2)18-19)32-27-28(37-25-15-9-21(31)10-16-25)30(35)33(29(27)34)22-11-13-24(14-12-22)36-23-6-4-3-5-7-23/h3-18,32H,1-2H3. The molecule has 4 aromatic rings. The summed E-state index contributed by atoms with van der Waals surface area (Å²) in [6, 6.07) is 29.4. The zero-order valence-electron chi connectivity index (χ0n) is 20.2. The number of imide groups is 1. The van der Waals surface area contributed by atoms with Gasteiger partial charge in [0.15, 0.2) is 0 Å². The summed E-state index contributed by atoms with van der Waals surface area (Å²) >= 11 is 7.27. The Kier molecular flexibility index (Phi) is 7.04. The Morgan fingerprint density at radius 1 is 0.784 bits per heavy atom. The van der Waals surface area contributed by atoms with E-state index in [4.69, 9.17) is 16.3 Å². The Balaban J connectivity index is 1.46. The van der Waals surface area contributed by atoms with Crippen molar-refractivity contribution in [1.82, 2.24) is 0 Å². The van der Waals surface area contributed by atoms with Gasteiger partial charge in [-0.15, -0.1) is 0 Å². The molecule has 0 bridgehead atoms. The van der Waals surface area contributed by atoms with Crippen molar-refractivity contribution in [1.29, 1.82) is 0 Å². The largest absolute Gasteiger partial charge is 0.457 e. The Bertz CT molecular complexity index is 1500. The number of halogens is 1. The molecule has 1 aliphatic heterocycles. The summed E-state index contributed by atoms with van der Waals surface area (Å²) in [6.07, 6.45) is 0. The summed E-state index contributed by atoms with van der Waals surface area (Å²) in [4.78, 5) is 29.6. The summed E-state index contributed by atoms with van der Waals surface area (Å²) in [5.74, 6) is 0.491. The SMILES string of the molecule is Cc1ccc(NC2=C(Sc3ccc(Cl)cc3)C(=O)N(c3ccc(Oc4ccccc4)cc3)C2=O)c(C)c1. The number of aryl methyl sites for hydroxylation is 2. The second kappa shape index (κ2) is 10.5. The molecular formula is C30H23ClN2O3S. The normalized spacial score (nSPS) is 13.3. The van der Waals surface area contributed by atoms with Crippen molar-refractivity contribution < 1.29 is 14.3 Å². The smallest absolute Gasteiger partial charge is 0.283 e. The van der Waals surface area contributed by atoms with Gasteiger partial charge in [0.1, 0.15) is 22.1 Å². The van der Waals surface area contributed by atoms with E-state index in [2.05, 4.69) is 5.32 Å². The molecule has 0 spiro atoms. The van der Waals surface area contributed by atoms with Gasteiger partial charge in [0.05, 0.1) is 5.69 Å². The average molecular weight is 527 g/mol. The van der Waals surface area contributed by atoms with Gasteiger partial charge in [0, 0.05) is 15.6 Å². The number of ether oxygens (including phenoxy) is 1. The quantitative estimate of drug-likeness (QED) is 0.250. The molecule has 7 heteroatoms. The van der Waals surface area contributed by atoms with Crippen molar-refractivity contribution in [2.24, 2.45) is 0 Å². The predicted molar refractivity (Wildman–Crippen MR) is 149 cm³/mol. The molecule has 1 heterocycles. The molecule has 0 atom stereocenters. The van der Waals surface area contributed by atoms with Crippen molar-refractivity contribution in [3.05, 3.63) is 124 Å². The molecule has 184 valence electrons. The molecule has 2 amide bonds. The number of thioether (sulfide) groups is 1. The molecular weight excluding hydrogens is 504 g/mol. The van der Waals surface area contributed by atoms with Gasteiger partial charge in [0.2, 0.25) is 0 Å². The third kappa shape index (κ3) is 5.40. The van der Waals surface area contributed by atoms with Crippen LogP contribution in [0.25, 0.3) is 0 Å². The lowest BCUT2D eigenvalue weighted by atomic mass is 10.1. The first kappa shape index (κ1) is 24.7. The van der Waals surface area contributed by atoms with E-state index in [9.17, 15) is 9.59 Å². The second-order valence-corrected chi connectivity index (χ2v) is 10.1. The van der Waals surface area contributed by atoms with Crippen molar-refractivity contribution in [3.8, 4) is 11.5 Å². The van der Waals surface area contributed by atoms with E-state index in [-0.39, 0.29) is 5.70 Å². The van der Waals surface area contributed by atoms with Crippen molar-refractivity contribution in [3.63, 3.8) is 0 Å². The number of carbonyl (C=O) groups excluding carboxylic acids is 2. The summed E-state index contributed by atoms with van der Waals surface area (Å²) in [6.45, 7) is 3.97. The number of rotatable bonds is 7. The minimum absolute atomic E-state index is 0.238. The number of hydrogen-bond donors (Lipinski definition) is 1. The maximum Gasteiger partial charge on any atom is 0.283 e.